The average Bonchev–Trinajstić information content (AvgIpc) is 3.00. The third-order valence-electron chi connectivity index (χ3n) is 4.52. The van der Waals surface area contributed by atoms with Crippen molar-refractivity contribution in [3.05, 3.63) is 71.8 Å². The number of sulfonamides is 2. The Morgan fingerprint density at radius 2 is 1.25 bits per heavy atom. The van der Waals surface area contributed by atoms with Crippen LogP contribution in [-0.4, -0.2) is 30.0 Å². The van der Waals surface area contributed by atoms with Gasteiger partial charge in [-0.1, -0.05) is 17.7 Å². The van der Waals surface area contributed by atoms with Crippen molar-refractivity contribution in [2.45, 2.75) is 16.2 Å². The highest BCUT2D eigenvalue weighted by Gasteiger charge is 2.19. The fourth-order valence-corrected chi connectivity index (χ4v) is 5.41. The van der Waals surface area contributed by atoms with E-state index in [0.717, 1.165) is 0 Å². The monoisotopic (exact) mass is 494 g/mol. The first-order chi connectivity index (χ1) is 15.2. The summed E-state index contributed by atoms with van der Waals surface area (Å²) in [6.45, 7) is 0.946. The number of rotatable bonds is 6. The van der Waals surface area contributed by atoms with Crippen molar-refractivity contribution in [3.8, 4) is 11.5 Å². The highest BCUT2D eigenvalue weighted by atomic mass is 35.5. The zero-order valence-electron chi connectivity index (χ0n) is 16.6. The Labute approximate surface area is 191 Å². The molecule has 2 N–H and O–H groups in total. The summed E-state index contributed by atoms with van der Waals surface area (Å²) in [7, 11) is -7.73. The molecule has 0 amide bonds. The highest BCUT2D eigenvalue weighted by Crippen LogP contribution is 2.32. The second-order valence-electron chi connectivity index (χ2n) is 6.90. The second-order valence-corrected chi connectivity index (χ2v) is 10.7. The van der Waals surface area contributed by atoms with Gasteiger partial charge in [0.25, 0.3) is 20.0 Å². The van der Waals surface area contributed by atoms with Crippen LogP contribution < -0.4 is 18.9 Å². The third kappa shape index (κ3) is 5.09. The van der Waals surface area contributed by atoms with Crippen LogP contribution in [0.3, 0.4) is 0 Å². The first-order valence-corrected chi connectivity index (χ1v) is 12.9. The molecule has 1 aliphatic heterocycles. The Morgan fingerprint density at radius 1 is 0.688 bits per heavy atom. The van der Waals surface area contributed by atoms with Crippen molar-refractivity contribution >= 4 is 43.0 Å². The third-order valence-corrected chi connectivity index (χ3v) is 7.52. The summed E-state index contributed by atoms with van der Waals surface area (Å²) in [5, 5.41) is 0.299. The molecule has 0 saturated heterocycles. The van der Waals surface area contributed by atoms with E-state index in [1.54, 1.807) is 12.1 Å². The molecule has 0 aliphatic carbocycles. The molecule has 3 aromatic rings. The van der Waals surface area contributed by atoms with Crippen LogP contribution in [0.4, 0.5) is 11.4 Å². The van der Waals surface area contributed by atoms with Crippen molar-refractivity contribution in [2.24, 2.45) is 0 Å². The molecular weight excluding hydrogens is 476 g/mol. The van der Waals surface area contributed by atoms with Gasteiger partial charge >= 0.3 is 0 Å². The SMILES string of the molecule is O=S(=O)(Nc1ccc(NS(=O)(=O)c2ccc3c(c2)OCCCO3)cc1)c1cccc(Cl)c1. The number of hydrogen-bond donors (Lipinski definition) is 2. The lowest BCUT2D eigenvalue weighted by Crippen LogP contribution is -2.14. The predicted octanol–water partition coefficient (Wildman–Crippen LogP) is 4.10. The first-order valence-electron chi connectivity index (χ1n) is 9.54. The van der Waals surface area contributed by atoms with Gasteiger partial charge in [-0.2, -0.15) is 0 Å². The van der Waals surface area contributed by atoms with Gasteiger partial charge in [0.2, 0.25) is 0 Å². The van der Waals surface area contributed by atoms with Gasteiger partial charge in [-0.15, -0.1) is 0 Å². The van der Waals surface area contributed by atoms with Crippen LogP contribution in [0.25, 0.3) is 0 Å². The van der Waals surface area contributed by atoms with E-state index in [4.69, 9.17) is 21.1 Å². The molecule has 0 saturated carbocycles. The summed E-state index contributed by atoms with van der Waals surface area (Å²) in [5.74, 6) is 0.869. The average molecular weight is 495 g/mol. The standard InChI is InChI=1S/C21H19ClN2O6S2/c22-15-3-1-4-18(13-15)31(25,26)23-16-5-7-17(8-6-16)24-32(27,28)19-9-10-20-21(14-19)30-12-2-11-29-20/h1,3-10,13-14,23-24H,2,11-12H2. The minimum Gasteiger partial charge on any atom is -0.490 e. The van der Waals surface area contributed by atoms with Crippen LogP contribution in [-0.2, 0) is 20.0 Å². The number of ether oxygens (including phenoxy) is 2. The summed E-state index contributed by atoms with van der Waals surface area (Å²) in [6, 6.07) is 16.1. The molecule has 0 spiro atoms. The molecule has 1 aliphatic rings. The number of halogens is 1. The van der Waals surface area contributed by atoms with E-state index in [2.05, 4.69) is 9.44 Å². The molecule has 1 heterocycles. The minimum absolute atomic E-state index is 0.0178. The van der Waals surface area contributed by atoms with E-state index in [-0.39, 0.29) is 21.2 Å². The fourth-order valence-electron chi connectivity index (χ4n) is 2.98. The largest absolute Gasteiger partial charge is 0.490 e. The molecule has 0 fully saturated rings. The van der Waals surface area contributed by atoms with Crippen LogP contribution in [0.2, 0.25) is 5.02 Å². The van der Waals surface area contributed by atoms with Crippen molar-refractivity contribution in [2.75, 3.05) is 22.7 Å². The molecule has 0 bridgehead atoms. The van der Waals surface area contributed by atoms with Crippen LogP contribution in [0.15, 0.2) is 76.5 Å². The van der Waals surface area contributed by atoms with Gasteiger partial charge in [-0.3, -0.25) is 9.44 Å². The number of anilines is 2. The summed E-state index contributed by atoms with van der Waals surface area (Å²) >= 11 is 5.86. The maximum absolute atomic E-state index is 12.8. The lowest BCUT2D eigenvalue weighted by atomic mass is 10.3. The summed E-state index contributed by atoms with van der Waals surface area (Å²) in [5.41, 5.74) is 0.534. The van der Waals surface area contributed by atoms with Crippen LogP contribution in [0.1, 0.15) is 6.42 Å². The molecule has 0 aromatic heterocycles. The smallest absolute Gasteiger partial charge is 0.262 e. The quantitative estimate of drug-likeness (QED) is 0.533. The molecule has 4 rings (SSSR count). The Kier molecular flexibility index (Phi) is 6.18. The normalized spacial score (nSPS) is 13.8. The minimum atomic E-state index is -3.89. The van der Waals surface area contributed by atoms with Gasteiger partial charge in [0.1, 0.15) is 0 Å². The second kappa shape index (κ2) is 8.89. The zero-order valence-corrected chi connectivity index (χ0v) is 19.0. The molecular formula is C21H19ClN2O6S2. The van der Waals surface area contributed by atoms with E-state index < -0.39 is 20.0 Å². The predicted molar refractivity (Wildman–Crippen MR) is 122 cm³/mol. The molecule has 0 unspecified atom stereocenters. The maximum atomic E-state index is 12.8. The lowest BCUT2D eigenvalue weighted by molar-refractivity contribution is 0.297. The fraction of sp³-hybridized carbons (Fsp3) is 0.143. The van der Waals surface area contributed by atoms with E-state index in [1.165, 1.54) is 54.6 Å². The first kappa shape index (κ1) is 22.3. The molecule has 168 valence electrons. The van der Waals surface area contributed by atoms with Crippen LogP contribution in [0, 0.1) is 0 Å². The lowest BCUT2D eigenvalue weighted by Gasteiger charge is -2.12. The van der Waals surface area contributed by atoms with Crippen molar-refractivity contribution in [1.82, 2.24) is 0 Å². The van der Waals surface area contributed by atoms with Crippen molar-refractivity contribution < 1.29 is 26.3 Å². The Bertz CT molecular complexity index is 1340. The number of nitrogens with one attached hydrogen (secondary N) is 2. The van der Waals surface area contributed by atoms with Crippen molar-refractivity contribution in [1.29, 1.82) is 0 Å². The highest BCUT2D eigenvalue weighted by molar-refractivity contribution is 7.93. The van der Waals surface area contributed by atoms with E-state index in [9.17, 15) is 16.8 Å². The van der Waals surface area contributed by atoms with Gasteiger partial charge < -0.3 is 9.47 Å². The zero-order chi connectivity index (χ0) is 22.8. The molecule has 11 heteroatoms. The van der Waals surface area contributed by atoms with Gasteiger partial charge in [-0.05, 0) is 54.6 Å². The molecule has 32 heavy (non-hydrogen) atoms. The molecule has 0 radical (unpaired) electrons. The maximum Gasteiger partial charge on any atom is 0.262 e. The summed E-state index contributed by atoms with van der Waals surface area (Å²) in [4.78, 5) is 0.0386. The summed E-state index contributed by atoms with van der Waals surface area (Å²) < 4.78 is 66.5. The van der Waals surface area contributed by atoms with Crippen molar-refractivity contribution in [3.63, 3.8) is 0 Å². The van der Waals surface area contributed by atoms with Gasteiger partial charge in [0.15, 0.2) is 11.5 Å². The number of hydrogen-bond acceptors (Lipinski definition) is 6. The Morgan fingerprint density at radius 3 is 1.84 bits per heavy atom. The number of benzene rings is 3. The molecule has 8 nitrogen and oxygen atoms in total. The molecule has 0 atom stereocenters. The molecule has 3 aromatic carbocycles. The Hall–Kier alpha value is -2.95. The van der Waals surface area contributed by atoms with Gasteiger partial charge in [0.05, 0.1) is 23.0 Å². The van der Waals surface area contributed by atoms with E-state index in [0.29, 0.717) is 36.2 Å². The Balaban J connectivity index is 1.49. The van der Waals surface area contributed by atoms with E-state index in [1.807, 2.05) is 0 Å². The van der Waals surface area contributed by atoms with Gasteiger partial charge in [-0.25, -0.2) is 16.8 Å². The number of fused-ring (bicyclic) bond motifs is 1. The van der Waals surface area contributed by atoms with Gasteiger partial charge in [0, 0.05) is 28.9 Å². The van der Waals surface area contributed by atoms with Crippen LogP contribution in [0.5, 0.6) is 11.5 Å². The topological polar surface area (TPSA) is 111 Å². The van der Waals surface area contributed by atoms with E-state index >= 15 is 0 Å². The van der Waals surface area contributed by atoms with Crippen LogP contribution >= 0.6 is 11.6 Å². The summed E-state index contributed by atoms with van der Waals surface area (Å²) in [6.07, 6.45) is 0.711.